The fraction of sp³-hybridized carbons (Fsp3) is 0.615. The van der Waals surface area contributed by atoms with E-state index in [0.717, 1.165) is 12.8 Å². The molecule has 1 aliphatic rings. The third-order valence-corrected chi connectivity index (χ3v) is 5.49. The lowest BCUT2D eigenvalue weighted by Crippen LogP contribution is -2.32. The first-order chi connectivity index (χ1) is 9.40. The zero-order valence-electron chi connectivity index (χ0n) is 11.7. The van der Waals surface area contributed by atoms with Gasteiger partial charge in [-0.2, -0.15) is 4.31 Å². The minimum atomic E-state index is -3.60. The van der Waals surface area contributed by atoms with Gasteiger partial charge in [0.15, 0.2) is 0 Å². The van der Waals surface area contributed by atoms with Crippen LogP contribution in [0.3, 0.4) is 0 Å². The van der Waals surface area contributed by atoms with Gasteiger partial charge in [-0.1, -0.05) is 6.92 Å². The van der Waals surface area contributed by atoms with Crippen LogP contribution in [0.2, 0.25) is 0 Å². The van der Waals surface area contributed by atoms with Crippen molar-refractivity contribution in [3.63, 3.8) is 0 Å². The molecule has 7 heteroatoms. The van der Waals surface area contributed by atoms with Crippen LogP contribution in [0.25, 0.3) is 0 Å². The van der Waals surface area contributed by atoms with Crippen molar-refractivity contribution in [3.05, 3.63) is 18.0 Å². The summed E-state index contributed by atoms with van der Waals surface area (Å²) in [6.07, 6.45) is 3.55. The molecule has 0 bridgehead atoms. The summed E-state index contributed by atoms with van der Waals surface area (Å²) in [5, 5.41) is 9.10. The Morgan fingerprint density at radius 3 is 2.50 bits per heavy atom. The second kappa shape index (κ2) is 5.57. The topological polar surface area (TPSA) is 79.6 Å². The normalized spacial score (nSPS) is 15.8. The van der Waals surface area contributed by atoms with Crippen molar-refractivity contribution in [1.82, 2.24) is 8.87 Å². The Labute approximate surface area is 119 Å². The van der Waals surface area contributed by atoms with Crippen LogP contribution < -0.4 is 0 Å². The molecule has 1 fully saturated rings. The number of aryl methyl sites for hydroxylation is 1. The molecule has 1 aromatic rings. The summed E-state index contributed by atoms with van der Waals surface area (Å²) in [4.78, 5) is 11.2. The lowest BCUT2D eigenvalue weighted by atomic mass is 10.4. The molecule has 0 saturated heterocycles. The van der Waals surface area contributed by atoms with E-state index in [0.29, 0.717) is 25.6 Å². The number of hydrogen-bond donors (Lipinski definition) is 1. The van der Waals surface area contributed by atoms with Crippen LogP contribution in [0.5, 0.6) is 0 Å². The minimum absolute atomic E-state index is 0.00792. The average Bonchev–Trinajstić information content (AvgIpc) is 3.10. The smallest absolute Gasteiger partial charge is 0.352 e. The number of carbonyl (C=O) groups is 1. The van der Waals surface area contributed by atoms with Crippen LogP contribution in [-0.4, -0.2) is 41.5 Å². The number of hydrogen-bond acceptors (Lipinski definition) is 3. The zero-order valence-corrected chi connectivity index (χ0v) is 12.6. The first-order valence-electron chi connectivity index (χ1n) is 6.83. The maximum absolute atomic E-state index is 12.6. The first kappa shape index (κ1) is 15.1. The molecule has 0 aliphatic heterocycles. The fourth-order valence-electron chi connectivity index (χ4n) is 2.20. The number of sulfonamides is 1. The quantitative estimate of drug-likeness (QED) is 0.830. The molecular formula is C13H20N2O4S. The minimum Gasteiger partial charge on any atom is -0.477 e. The van der Waals surface area contributed by atoms with Crippen LogP contribution in [0.1, 0.15) is 37.2 Å². The van der Waals surface area contributed by atoms with Gasteiger partial charge in [0.05, 0.1) is 0 Å². The van der Waals surface area contributed by atoms with Gasteiger partial charge in [-0.25, -0.2) is 13.2 Å². The SMILES string of the molecule is CCN(CC1CC1)S(=O)(=O)c1cc(C(=O)O)n(CC)c1. The summed E-state index contributed by atoms with van der Waals surface area (Å²) in [7, 11) is -3.60. The van der Waals surface area contributed by atoms with Gasteiger partial charge in [0.1, 0.15) is 10.6 Å². The van der Waals surface area contributed by atoms with Gasteiger partial charge in [0.2, 0.25) is 10.0 Å². The summed E-state index contributed by atoms with van der Waals surface area (Å²) >= 11 is 0. The molecule has 1 N–H and O–H groups in total. The summed E-state index contributed by atoms with van der Waals surface area (Å²) in [5.41, 5.74) is 0.00792. The van der Waals surface area contributed by atoms with E-state index < -0.39 is 16.0 Å². The highest BCUT2D eigenvalue weighted by Gasteiger charge is 2.32. The van der Waals surface area contributed by atoms with Gasteiger partial charge in [0.25, 0.3) is 0 Å². The zero-order chi connectivity index (χ0) is 14.9. The maximum atomic E-state index is 12.6. The van der Waals surface area contributed by atoms with E-state index in [4.69, 9.17) is 5.11 Å². The van der Waals surface area contributed by atoms with E-state index in [1.54, 1.807) is 13.8 Å². The number of carboxylic acids is 1. The van der Waals surface area contributed by atoms with Crippen LogP contribution in [0, 0.1) is 5.92 Å². The molecule has 1 aliphatic carbocycles. The van der Waals surface area contributed by atoms with E-state index in [2.05, 4.69) is 0 Å². The standard InChI is InChI=1S/C13H20N2O4S/c1-3-14-9-11(7-12(14)13(16)17)20(18,19)15(4-2)8-10-5-6-10/h7,9-10H,3-6,8H2,1-2H3,(H,16,17). The lowest BCUT2D eigenvalue weighted by Gasteiger charge is -2.19. The third kappa shape index (κ3) is 2.88. The Bertz CT molecular complexity index is 602. The Morgan fingerprint density at radius 1 is 1.45 bits per heavy atom. The van der Waals surface area contributed by atoms with Crippen LogP contribution in [0.15, 0.2) is 17.2 Å². The molecule has 0 amide bonds. The van der Waals surface area contributed by atoms with Crippen molar-refractivity contribution < 1.29 is 18.3 Å². The first-order valence-corrected chi connectivity index (χ1v) is 8.27. The van der Waals surface area contributed by atoms with Crippen molar-refractivity contribution >= 4 is 16.0 Å². The molecule has 20 heavy (non-hydrogen) atoms. The third-order valence-electron chi connectivity index (χ3n) is 3.58. The highest BCUT2D eigenvalue weighted by molar-refractivity contribution is 7.89. The van der Waals surface area contributed by atoms with Gasteiger partial charge in [-0.15, -0.1) is 0 Å². The van der Waals surface area contributed by atoms with Crippen molar-refractivity contribution in [2.24, 2.45) is 5.92 Å². The lowest BCUT2D eigenvalue weighted by molar-refractivity contribution is 0.0685. The van der Waals surface area contributed by atoms with E-state index in [9.17, 15) is 13.2 Å². The van der Waals surface area contributed by atoms with Crippen molar-refractivity contribution in [2.45, 2.75) is 38.1 Å². The summed E-state index contributed by atoms with van der Waals surface area (Å²) in [6.45, 7) is 4.93. The average molecular weight is 300 g/mol. The molecule has 0 spiro atoms. The number of carboxylic acid groups (broad SMARTS) is 1. The largest absolute Gasteiger partial charge is 0.477 e. The second-order valence-corrected chi connectivity index (χ2v) is 6.99. The molecule has 6 nitrogen and oxygen atoms in total. The molecule has 112 valence electrons. The van der Waals surface area contributed by atoms with Gasteiger partial charge >= 0.3 is 5.97 Å². The van der Waals surface area contributed by atoms with Gasteiger partial charge < -0.3 is 9.67 Å². The molecule has 2 rings (SSSR count). The Hall–Kier alpha value is -1.34. The Kier molecular flexibility index (Phi) is 4.19. The highest BCUT2D eigenvalue weighted by atomic mass is 32.2. The van der Waals surface area contributed by atoms with E-state index in [1.165, 1.54) is 21.1 Å². The highest BCUT2D eigenvalue weighted by Crippen LogP contribution is 2.31. The molecule has 1 heterocycles. The van der Waals surface area contributed by atoms with Gasteiger partial charge in [-0.3, -0.25) is 0 Å². The maximum Gasteiger partial charge on any atom is 0.352 e. The van der Waals surface area contributed by atoms with E-state index in [1.807, 2.05) is 0 Å². The van der Waals surface area contributed by atoms with E-state index >= 15 is 0 Å². The summed E-state index contributed by atoms with van der Waals surface area (Å²) in [6, 6.07) is 1.25. The molecule has 0 aromatic carbocycles. The molecule has 1 aromatic heterocycles. The van der Waals surface area contributed by atoms with Crippen molar-refractivity contribution in [2.75, 3.05) is 13.1 Å². The van der Waals surface area contributed by atoms with Crippen LogP contribution in [-0.2, 0) is 16.6 Å². The second-order valence-electron chi connectivity index (χ2n) is 5.05. The Balaban J connectivity index is 2.34. The van der Waals surface area contributed by atoms with Gasteiger partial charge in [0, 0.05) is 25.8 Å². The number of rotatable bonds is 7. The fourth-order valence-corrected chi connectivity index (χ4v) is 3.77. The molecule has 0 atom stereocenters. The monoisotopic (exact) mass is 300 g/mol. The van der Waals surface area contributed by atoms with Crippen molar-refractivity contribution in [1.29, 1.82) is 0 Å². The number of aromatic nitrogens is 1. The van der Waals surface area contributed by atoms with E-state index in [-0.39, 0.29) is 10.6 Å². The van der Waals surface area contributed by atoms with Gasteiger partial charge in [-0.05, 0) is 31.7 Å². The number of nitrogens with zero attached hydrogens (tertiary/aromatic N) is 2. The van der Waals surface area contributed by atoms with Crippen LogP contribution >= 0.6 is 0 Å². The van der Waals surface area contributed by atoms with Crippen molar-refractivity contribution in [3.8, 4) is 0 Å². The molecule has 0 radical (unpaired) electrons. The number of aromatic carboxylic acids is 1. The van der Waals surface area contributed by atoms with Crippen LogP contribution in [0.4, 0.5) is 0 Å². The summed E-state index contributed by atoms with van der Waals surface area (Å²) < 4.78 is 28.0. The molecule has 1 saturated carbocycles. The molecule has 0 unspecified atom stereocenters. The predicted octanol–water partition coefficient (Wildman–Crippen LogP) is 1.63. The molecular weight excluding hydrogens is 280 g/mol. The predicted molar refractivity (Wildman–Crippen MR) is 74.2 cm³/mol. The summed E-state index contributed by atoms with van der Waals surface area (Å²) in [5.74, 6) is -0.657. The Morgan fingerprint density at radius 2 is 2.10 bits per heavy atom.